The highest BCUT2D eigenvalue weighted by Crippen LogP contribution is 2.32. The van der Waals surface area contributed by atoms with Crippen molar-refractivity contribution in [2.75, 3.05) is 19.0 Å². The lowest BCUT2D eigenvalue weighted by molar-refractivity contribution is 0.184. The number of carbonyl (C=O) groups is 1. The van der Waals surface area contributed by atoms with Gasteiger partial charge in [-0.1, -0.05) is 53.7 Å². The van der Waals surface area contributed by atoms with Crippen LogP contribution in [0.3, 0.4) is 0 Å². The molecule has 0 atom stereocenters. The van der Waals surface area contributed by atoms with Gasteiger partial charge in [0, 0.05) is 36.1 Å². The number of carbonyl (C=O) groups excluding carboxylic acids is 1. The van der Waals surface area contributed by atoms with Crippen molar-refractivity contribution in [3.8, 4) is 28.5 Å². The van der Waals surface area contributed by atoms with E-state index in [-0.39, 0.29) is 12.1 Å². The average Bonchev–Trinajstić information content (AvgIpc) is 3.63. The summed E-state index contributed by atoms with van der Waals surface area (Å²) >= 11 is 19.0. The number of amides is 2. The number of ether oxygens (including phenoxy) is 1. The highest BCUT2D eigenvalue weighted by molar-refractivity contribution is 6.44. The molecule has 1 fully saturated rings. The topological polar surface area (TPSA) is 85.2 Å². The third-order valence-electron chi connectivity index (χ3n) is 6.77. The Kier molecular flexibility index (Phi) is 8.55. The zero-order chi connectivity index (χ0) is 27.4. The summed E-state index contributed by atoms with van der Waals surface area (Å²) in [7, 11) is 1.57. The van der Waals surface area contributed by atoms with E-state index in [0.29, 0.717) is 51.2 Å². The fourth-order valence-electron chi connectivity index (χ4n) is 4.79. The van der Waals surface area contributed by atoms with Gasteiger partial charge in [0.05, 0.1) is 34.4 Å². The number of halogens is 3. The summed E-state index contributed by atoms with van der Waals surface area (Å²) in [5.74, 6) is 1.73. The molecule has 202 valence electrons. The molecular weight excluding hydrogens is 559 g/mol. The first-order valence-electron chi connectivity index (χ1n) is 12.7. The van der Waals surface area contributed by atoms with Gasteiger partial charge in [0.15, 0.2) is 11.6 Å². The van der Waals surface area contributed by atoms with Gasteiger partial charge in [0.1, 0.15) is 5.75 Å². The predicted octanol–water partition coefficient (Wildman–Crippen LogP) is 7.45. The molecule has 39 heavy (non-hydrogen) atoms. The van der Waals surface area contributed by atoms with Gasteiger partial charge < -0.3 is 15.0 Å². The minimum atomic E-state index is -0.229. The van der Waals surface area contributed by atoms with Crippen LogP contribution in [-0.2, 0) is 6.54 Å². The van der Waals surface area contributed by atoms with Gasteiger partial charge in [0.25, 0.3) is 0 Å². The number of nitrogens with one attached hydrogen (secondary N) is 1. The molecule has 2 amide bonds. The number of nitrogens with zero attached hydrogens (tertiary/aromatic N) is 5. The number of hydrogen-bond acceptors (Lipinski definition) is 5. The Morgan fingerprint density at radius 1 is 1.08 bits per heavy atom. The van der Waals surface area contributed by atoms with Crippen molar-refractivity contribution in [3.05, 3.63) is 76.0 Å². The summed E-state index contributed by atoms with van der Waals surface area (Å²) < 4.78 is 7.12. The molecule has 0 unspecified atom stereocenters. The number of aromatic nitrogens is 4. The predicted molar refractivity (Wildman–Crippen MR) is 155 cm³/mol. The van der Waals surface area contributed by atoms with Gasteiger partial charge >= 0.3 is 6.03 Å². The summed E-state index contributed by atoms with van der Waals surface area (Å²) in [6, 6.07) is 14.3. The molecule has 11 heteroatoms. The second kappa shape index (κ2) is 12.2. The van der Waals surface area contributed by atoms with Crippen LogP contribution in [-0.4, -0.2) is 50.4 Å². The first-order valence-corrected chi connectivity index (χ1v) is 13.8. The molecule has 0 aliphatic heterocycles. The summed E-state index contributed by atoms with van der Waals surface area (Å²) in [6.45, 7) is 0.834. The van der Waals surface area contributed by atoms with Gasteiger partial charge in [-0.2, -0.15) is 5.10 Å². The van der Waals surface area contributed by atoms with Crippen molar-refractivity contribution >= 4 is 46.5 Å². The maximum Gasteiger partial charge on any atom is 0.322 e. The van der Waals surface area contributed by atoms with E-state index < -0.39 is 0 Å². The van der Waals surface area contributed by atoms with E-state index in [1.54, 1.807) is 49.8 Å². The van der Waals surface area contributed by atoms with E-state index in [4.69, 9.17) is 49.6 Å². The molecule has 0 saturated heterocycles. The summed E-state index contributed by atoms with van der Waals surface area (Å²) in [6.07, 6.45) is 7.46. The third-order valence-corrected chi connectivity index (χ3v) is 7.89. The number of methoxy groups -OCH3 is 1. The van der Waals surface area contributed by atoms with Crippen molar-refractivity contribution in [1.82, 2.24) is 24.6 Å². The summed E-state index contributed by atoms with van der Waals surface area (Å²) in [5.41, 5.74) is 2.05. The molecule has 0 bridgehead atoms. The molecule has 5 rings (SSSR count). The van der Waals surface area contributed by atoms with Gasteiger partial charge in [-0.15, -0.1) is 0 Å². The van der Waals surface area contributed by atoms with E-state index >= 15 is 0 Å². The standard InChI is InChI=1S/C28H27Cl3N6O2/c1-39-24-12-11-18(16-22(24)30)27-34-26(19-6-5-13-32-17-19)35-37(27)15-14-36(20-7-2-3-8-20)28(38)33-23-10-4-9-21(29)25(23)31/h4-6,9-13,16-17,20H,2-3,7-8,14-15H2,1H3,(H,33,38). The number of benzene rings is 2. The van der Waals surface area contributed by atoms with Crippen LogP contribution >= 0.6 is 34.8 Å². The fourth-order valence-corrected chi connectivity index (χ4v) is 5.40. The fraction of sp³-hybridized carbons (Fsp3) is 0.286. The van der Waals surface area contributed by atoms with Crippen LogP contribution in [0.25, 0.3) is 22.8 Å². The van der Waals surface area contributed by atoms with Gasteiger partial charge in [0.2, 0.25) is 0 Å². The number of anilines is 1. The highest BCUT2D eigenvalue weighted by Gasteiger charge is 2.28. The summed E-state index contributed by atoms with van der Waals surface area (Å²) in [5, 5.41) is 8.91. The van der Waals surface area contributed by atoms with E-state index in [1.807, 2.05) is 27.8 Å². The molecule has 1 aliphatic rings. The lowest BCUT2D eigenvalue weighted by atomic mass is 10.2. The Balaban J connectivity index is 1.45. The summed E-state index contributed by atoms with van der Waals surface area (Å²) in [4.78, 5) is 24.4. The second-order valence-electron chi connectivity index (χ2n) is 9.24. The van der Waals surface area contributed by atoms with Crippen LogP contribution in [0.1, 0.15) is 25.7 Å². The monoisotopic (exact) mass is 584 g/mol. The number of hydrogen-bond donors (Lipinski definition) is 1. The zero-order valence-corrected chi connectivity index (χ0v) is 23.5. The lowest BCUT2D eigenvalue weighted by Gasteiger charge is -2.29. The van der Waals surface area contributed by atoms with Crippen LogP contribution in [0.4, 0.5) is 10.5 Å². The van der Waals surface area contributed by atoms with E-state index in [0.717, 1.165) is 36.8 Å². The second-order valence-corrected chi connectivity index (χ2v) is 10.4. The number of pyridine rings is 1. The molecule has 0 spiro atoms. The Morgan fingerprint density at radius 2 is 1.90 bits per heavy atom. The average molecular weight is 586 g/mol. The minimum absolute atomic E-state index is 0.114. The first-order chi connectivity index (χ1) is 18.9. The van der Waals surface area contributed by atoms with Crippen LogP contribution in [0.5, 0.6) is 5.75 Å². The van der Waals surface area contributed by atoms with Gasteiger partial charge in [-0.05, 0) is 55.3 Å². The Bertz CT molecular complexity index is 1460. The molecule has 1 aliphatic carbocycles. The van der Waals surface area contributed by atoms with Crippen LogP contribution in [0.2, 0.25) is 15.1 Å². The van der Waals surface area contributed by atoms with Crippen molar-refractivity contribution < 1.29 is 9.53 Å². The molecule has 2 aromatic carbocycles. The maximum absolute atomic E-state index is 13.5. The molecule has 0 radical (unpaired) electrons. The molecular formula is C28H27Cl3N6O2. The van der Waals surface area contributed by atoms with Crippen LogP contribution < -0.4 is 10.1 Å². The lowest BCUT2D eigenvalue weighted by Crippen LogP contribution is -2.43. The Hall–Kier alpha value is -3.33. The quantitative estimate of drug-likeness (QED) is 0.232. The van der Waals surface area contributed by atoms with Crippen LogP contribution in [0.15, 0.2) is 60.9 Å². The van der Waals surface area contributed by atoms with Gasteiger partial charge in [-0.3, -0.25) is 4.98 Å². The Labute approximate surface area is 241 Å². The first kappa shape index (κ1) is 27.2. The Morgan fingerprint density at radius 3 is 2.62 bits per heavy atom. The van der Waals surface area contributed by atoms with Gasteiger partial charge in [-0.25, -0.2) is 14.5 Å². The number of urea groups is 1. The minimum Gasteiger partial charge on any atom is -0.495 e. The molecule has 4 aromatic rings. The van der Waals surface area contributed by atoms with Crippen molar-refractivity contribution in [3.63, 3.8) is 0 Å². The largest absolute Gasteiger partial charge is 0.495 e. The number of rotatable bonds is 8. The van der Waals surface area contributed by atoms with E-state index in [9.17, 15) is 4.79 Å². The molecule has 2 aromatic heterocycles. The van der Waals surface area contributed by atoms with Crippen LogP contribution in [0, 0.1) is 0 Å². The smallest absolute Gasteiger partial charge is 0.322 e. The van der Waals surface area contributed by atoms with E-state index in [2.05, 4.69) is 10.3 Å². The highest BCUT2D eigenvalue weighted by atomic mass is 35.5. The molecule has 1 saturated carbocycles. The SMILES string of the molecule is COc1ccc(-c2nc(-c3cccnc3)nn2CCN(C(=O)Nc2cccc(Cl)c2Cl)C2CCCC2)cc1Cl. The zero-order valence-electron chi connectivity index (χ0n) is 21.3. The van der Waals surface area contributed by atoms with Crippen molar-refractivity contribution in [1.29, 1.82) is 0 Å². The van der Waals surface area contributed by atoms with Crippen molar-refractivity contribution in [2.45, 2.75) is 38.3 Å². The molecule has 2 heterocycles. The molecule has 1 N–H and O–H groups in total. The molecule has 8 nitrogen and oxygen atoms in total. The maximum atomic E-state index is 13.5. The normalized spacial score (nSPS) is 13.4. The van der Waals surface area contributed by atoms with E-state index in [1.165, 1.54) is 0 Å². The third kappa shape index (κ3) is 6.13. The van der Waals surface area contributed by atoms with Crippen molar-refractivity contribution in [2.24, 2.45) is 0 Å².